The van der Waals surface area contributed by atoms with Crippen LogP contribution in [0.1, 0.15) is 90.9 Å². The molecule has 0 spiro atoms. The molecule has 0 unspecified atom stereocenters. The van der Waals surface area contributed by atoms with Crippen molar-refractivity contribution in [1.82, 2.24) is 8.75 Å². The molecule has 6 heteroatoms. The van der Waals surface area contributed by atoms with Gasteiger partial charge in [0.2, 0.25) is 0 Å². The monoisotopic (exact) mass is 552 g/mol. The topological polar surface area (TPSA) is 25.8 Å². The molecule has 36 heavy (non-hydrogen) atoms. The summed E-state index contributed by atoms with van der Waals surface area (Å²) < 4.78 is 9.18. The van der Waals surface area contributed by atoms with Crippen LogP contribution in [-0.2, 0) is 0 Å². The van der Waals surface area contributed by atoms with Crippen molar-refractivity contribution in [2.24, 2.45) is 0 Å². The Morgan fingerprint density at radius 1 is 0.722 bits per heavy atom. The minimum atomic E-state index is -1.73. The first-order valence-electron chi connectivity index (χ1n) is 14.2. The Balaban J connectivity index is 1.44. The number of rotatable bonds is 15. The zero-order chi connectivity index (χ0) is 24.8. The van der Waals surface area contributed by atoms with Crippen LogP contribution in [0.4, 0.5) is 0 Å². The molecular formula is C30H40N2S3Si. The molecule has 2 nitrogen and oxygen atoms in total. The van der Waals surface area contributed by atoms with E-state index in [1.54, 1.807) is 20.1 Å². The van der Waals surface area contributed by atoms with Gasteiger partial charge in [0.25, 0.3) is 0 Å². The zero-order valence-electron chi connectivity index (χ0n) is 22.0. The number of thiophene rings is 2. The van der Waals surface area contributed by atoms with Crippen molar-refractivity contribution in [2.75, 3.05) is 0 Å². The van der Waals surface area contributed by atoms with Gasteiger partial charge in [-0.25, -0.2) is 0 Å². The van der Waals surface area contributed by atoms with Gasteiger partial charge in [-0.3, -0.25) is 0 Å². The van der Waals surface area contributed by atoms with Crippen molar-refractivity contribution in [3.05, 3.63) is 35.7 Å². The van der Waals surface area contributed by atoms with Crippen LogP contribution in [-0.4, -0.2) is 16.8 Å². The highest BCUT2D eigenvalue weighted by molar-refractivity contribution is 7.30. The molecule has 0 saturated carbocycles. The highest BCUT2D eigenvalue weighted by atomic mass is 32.1. The van der Waals surface area contributed by atoms with E-state index in [0.717, 1.165) is 11.0 Å². The average molecular weight is 553 g/mol. The molecule has 0 amide bonds. The number of benzene rings is 1. The molecular weight excluding hydrogens is 513 g/mol. The second kappa shape index (κ2) is 12.5. The lowest BCUT2D eigenvalue weighted by Gasteiger charge is -2.29. The van der Waals surface area contributed by atoms with E-state index in [2.05, 4.69) is 58.3 Å². The molecule has 1 aromatic carbocycles. The Labute approximate surface area is 230 Å². The van der Waals surface area contributed by atoms with Gasteiger partial charge in [-0.2, -0.15) is 8.75 Å². The Morgan fingerprint density at radius 2 is 1.42 bits per heavy atom. The molecule has 5 rings (SSSR count). The first-order valence-corrected chi connectivity index (χ1v) is 19.1. The molecule has 0 fully saturated rings. The summed E-state index contributed by atoms with van der Waals surface area (Å²) in [6.07, 6.45) is 16.7. The van der Waals surface area contributed by atoms with E-state index in [0.29, 0.717) is 0 Å². The van der Waals surface area contributed by atoms with Crippen molar-refractivity contribution >= 4 is 63.9 Å². The number of fused-ring (bicyclic) bond motifs is 4. The molecule has 0 saturated heterocycles. The average Bonchev–Trinajstić information content (AvgIpc) is 3.67. The maximum absolute atomic E-state index is 4.67. The van der Waals surface area contributed by atoms with Gasteiger partial charge in [0, 0.05) is 20.2 Å². The summed E-state index contributed by atoms with van der Waals surface area (Å²) in [5, 5.41) is 5.91. The second-order valence-electron chi connectivity index (χ2n) is 10.6. The van der Waals surface area contributed by atoms with E-state index < -0.39 is 8.07 Å². The van der Waals surface area contributed by atoms with Crippen LogP contribution in [0.5, 0.6) is 0 Å². The van der Waals surface area contributed by atoms with Crippen LogP contribution in [0.3, 0.4) is 0 Å². The molecule has 0 aliphatic carbocycles. The van der Waals surface area contributed by atoms with E-state index in [1.165, 1.54) is 111 Å². The molecule has 4 aromatic rings. The molecule has 0 N–H and O–H groups in total. The fraction of sp³-hybridized carbons (Fsp3) is 0.533. The lowest BCUT2D eigenvalue weighted by atomic mass is 10.1. The number of hydrogen-bond acceptors (Lipinski definition) is 5. The summed E-state index contributed by atoms with van der Waals surface area (Å²) in [4.78, 5) is 4.60. The zero-order valence-corrected chi connectivity index (χ0v) is 25.4. The van der Waals surface area contributed by atoms with Gasteiger partial charge in [-0.1, -0.05) is 109 Å². The molecule has 192 valence electrons. The standard InChI is InChI=1S/C30H40N2S3Si/c1-3-5-7-9-11-13-20-36(21-14-12-10-8-6-4-2)26-18-19-33-29(26)30-27(36)22-25(34-30)23-16-15-17-24-28(23)32-35-31-24/h15-19,22H,3-14,20-21H2,1-2H3. The van der Waals surface area contributed by atoms with E-state index in [4.69, 9.17) is 0 Å². The summed E-state index contributed by atoms with van der Waals surface area (Å²) in [6.45, 7) is 4.63. The van der Waals surface area contributed by atoms with Crippen molar-refractivity contribution < 1.29 is 0 Å². The smallest absolute Gasteiger partial charge is 0.122 e. The third-order valence-corrected chi connectivity index (χ3v) is 16.5. The predicted molar refractivity (Wildman–Crippen MR) is 165 cm³/mol. The normalized spacial score (nSPS) is 13.9. The van der Waals surface area contributed by atoms with Crippen molar-refractivity contribution in [1.29, 1.82) is 0 Å². The summed E-state index contributed by atoms with van der Waals surface area (Å²) in [6, 6.07) is 14.5. The Bertz CT molecular complexity index is 1240. The van der Waals surface area contributed by atoms with E-state index in [1.807, 2.05) is 22.7 Å². The van der Waals surface area contributed by atoms with Gasteiger partial charge >= 0.3 is 0 Å². The molecule has 0 atom stereocenters. The second-order valence-corrected chi connectivity index (χ2v) is 17.3. The molecule has 1 aliphatic heterocycles. The van der Waals surface area contributed by atoms with Crippen LogP contribution in [0.25, 0.3) is 31.2 Å². The summed E-state index contributed by atoms with van der Waals surface area (Å²) in [7, 11) is -1.73. The highest BCUT2D eigenvalue weighted by Crippen LogP contribution is 2.45. The van der Waals surface area contributed by atoms with Gasteiger partial charge in [-0.05, 0) is 40.0 Å². The van der Waals surface area contributed by atoms with E-state index in [9.17, 15) is 0 Å². The first-order chi connectivity index (χ1) is 17.8. The molecule has 4 heterocycles. The molecule has 0 bridgehead atoms. The number of hydrogen-bond donors (Lipinski definition) is 0. The highest BCUT2D eigenvalue weighted by Gasteiger charge is 2.46. The quantitative estimate of drug-likeness (QED) is 0.108. The first kappa shape index (κ1) is 26.3. The molecule has 3 aromatic heterocycles. The van der Waals surface area contributed by atoms with Crippen LogP contribution in [0.15, 0.2) is 35.7 Å². The maximum Gasteiger partial charge on any atom is 0.122 e. The Hall–Kier alpha value is -1.34. The predicted octanol–water partition coefficient (Wildman–Crippen LogP) is 9.75. The van der Waals surface area contributed by atoms with E-state index >= 15 is 0 Å². The van der Waals surface area contributed by atoms with Gasteiger partial charge in [-0.15, -0.1) is 22.7 Å². The maximum atomic E-state index is 4.67. The SMILES string of the molecule is CCCCCCCC[Si]1(CCCCCCCC)c2ccsc2-c2sc(-c3cccc4nsnc34)cc21. The fourth-order valence-electron chi connectivity index (χ4n) is 6.14. The minimum Gasteiger partial charge on any atom is -0.173 e. The van der Waals surface area contributed by atoms with Crippen LogP contribution in [0.2, 0.25) is 12.1 Å². The van der Waals surface area contributed by atoms with Crippen molar-refractivity contribution in [3.63, 3.8) is 0 Å². The summed E-state index contributed by atoms with van der Waals surface area (Å²) >= 11 is 5.35. The van der Waals surface area contributed by atoms with Gasteiger partial charge in [0.05, 0.1) is 11.7 Å². The van der Waals surface area contributed by atoms with Gasteiger partial charge in [0.1, 0.15) is 19.1 Å². The third-order valence-electron chi connectivity index (χ3n) is 8.10. The van der Waals surface area contributed by atoms with Crippen LogP contribution in [0, 0.1) is 0 Å². The minimum absolute atomic E-state index is 1.03. The Kier molecular flexibility index (Phi) is 9.10. The van der Waals surface area contributed by atoms with Gasteiger partial charge < -0.3 is 0 Å². The van der Waals surface area contributed by atoms with Crippen molar-refractivity contribution in [2.45, 2.75) is 103 Å². The summed E-state index contributed by atoms with van der Waals surface area (Å²) in [5.41, 5.74) is 3.39. The number of nitrogens with zero attached hydrogens (tertiary/aromatic N) is 2. The van der Waals surface area contributed by atoms with Gasteiger partial charge in [0.15, 0.2) is 0 Å². The largest absolute Gasteiger partial charge is 0.173 e. The third kappa shape index (κ3) is 5.29. The van der Waals surface area contributed by atoms with Crippen LogP contribution >= 0.6 is 34.4 Å². The fourth-order valence-corrected chi connectivity index (χ4v) is 15.9. The number of unbranched alkanes of at least 4 members (excludes halogenated alkanes) is 10. The van der Waals surface area contributed by atoms with Crippen LogP contribution < -0.4 is 10.4 Å². The summed E-state index contributed by atoms with van der Waals surface area (Å²) in [5.74, 6) is 0. The van der Waals surface area contributed by atoms with E-state index in [-0.39, 0.29) is 0 Å². The lowest BCUT2D eigenvalue weighted by molar-refractivity contribution is 0.616. The lowest BCUT2D eigenvalue weighted by Crippen LogP contribution is -2.54. The molecule has 0 radical (unpaired) electrons. The number of aromatic nitrogens is 2. The van der Waals surface area contributed by atoms with Crippen molar-refractivity contribution in [3.8, 4) is 20.2 Å². The molecule has 1 aliphatic rings. The Morgan fingerprint density at radius 3 is 2.14 bits per heavy atom.